The van der Waals surface area contributed by atoms with Crippen LogP contribution in [0.15, 0.2) is 72.8 Å². The van der Waals surface area contributed by atoms with Crippen molar-refractivity contribution in [1.82, 2.24) is 8.61 Å². The second-order valence-electron chi connectivity index (χ2n) is 8.27. The number of morpholine rings is 1. The van der Waals surface area contributed by atoms with Crippen LogP contribution in [0.3, 0.4) is 0 Å². The van der Waals surface area contributed by atoms with Gasteiger partial charge < -0.3 is 9.84 Å². The van der Waals surface area contributed by atoms with Crippen LogP contribution >= 0.6 is 0 Å². The van der Waals surface area contributed by atoms with E-state index in [0.717, 1.165) is 16.4 Å². The lowest BCUT2D eigenvalue weighted by Crippen LogP contribution is -2.53. The lowest BCUT2D eigenvalue weighted by molar-refractivity contribution is -0.0115. The normalized spacial score (nSPS) is 16.7. The average molecular weight is 521 g/mol. The number of benzene rings is 3. The molecular weight excluding hydrogens is 497 g/mol. The zero-order valence-corrected chi connectivity index (χ0v) is 19.7. The summed E-state index contributed by atoms with van der Waals surface area (Å²) in [6, 6.07) is 16.1. The molecule has 4 rings (SSSR count). The molecule has 0 aliphatic carbocycles. The smallest absolute Gasteiger partial charge is 0.422 e. The summed E-state index contributed by atoms with van der Waals surface area (Å²) < 4.78 is 74.4. The number of halogens is 3. The summed E-state index contributed by atoms with van der Waals surface area (Å²) in [7, 11) is -4.50. The van der Waals surface area contributed by atoms with E-state index in [1.165, 1.54) is 60.7 Å². The van der Waals surface area contributed by atoms with Gasteiger partial charge in [-0.2, -0.15) is 17.0 Å². The maximum absolute atomic E-state index is 13.6. The molecule has 1 unspecified atom stereocenters. The predicted octanol–water partition coefficient (Wildman–Crippen LogP) is 4.36. The minimum absolute atomic E-state index is 0.0210. The van der Waals surface area contributed by atoms with Crippen LogP contribution in [0.25, 0.3) is 0 Å². The van der Waals surface area contributed by atoms with Gasteiger partial charge in [-0.05, 0) is 53.1 Å². The molecule has 3 aromatic carbocycles. The third-order valence-corrected chi connectivity index (χ3v) is 7.77. The summed E-state index contributed by atoms with van der Waals surface area (Å²) in [5.74, 6) is -2.03. The molecule has 1 N–H and O–H groups in total. The number of rotatable bonds is 7. The molecule has 1 aliphatic rings. The van der Waals surface area contributed by atoms with E-state index in [9.17, 15) is 31.5 Å². The molecule has 0 spiro atoms. The van der Waals surface area contributed by atoms with Crippen LogP contribution in [0.2, 0.25) is 0 Å². The topological polar surface area (TPSA) is 87.2 Å². The molecule has 1 saturated heterocycles. The number of hydrogen-bond donors (Lipinski definition) is 1. The Labute approximate surface area is 206 Å². The van der Waals surface area contributed by atoms with Crippen LogP contribution in [0, 0.1) is 17.5 Å². The van der Waals surface area contributed by atoms with E-state index in [0.29, 0.717) is 21.0 Å². The van der Waals surface area contributed by atoms with E-state index in [-0.39, 0.29) is 19.7 Å². The Morgan fingerprint density at radius 1 is 0.917 bits per heavy atom. The van der Waals surface area contributed by atoms with Crippen molar-refractivity contribution in [1.29, 1.82) is 0 Å². The maximum Gasteiger partial charge on any atom is 0.422 e. The van der Waals surface area contributed by atoms with Gasteiger partial charge in [0.05, 0.1) is 19.3 Å². The molecule has 36 heavy (non-hydrogen) atoms. The fraction of sp³-hybridized carbons (Fsp3) is 0.240. The first kappa shape index (κ1) is 25.7. The van der Waals surface area contributed by atoms with Gasteiger partial charge in [0, 0.05) is 19.0 Å². The van der Waals surface area contributed by atoms with Crippen LogP contribution in [-0.2, 0) is 21.5 Å². The molecule has 1 atom stereocenters. The molecule has 1 heterocycles. The Morgan fingerprint density at radius 2 is 1.39 bits per heavy atom. The molecule has 190 valence electrons. The first-order chi connectivity index (χ1) is 17.1. The van der Waals surface area contributed by atoms with Crippen molar-refractivity contribution < 1.29 is 36.2 Å². The molecule has 1 amide bonds. The molecule has 1 fully saturated rings. The monoisotopic (exact) mass is 520 g/mol. The fourth-order valence-electron chi connectivity index (χ4n) is 4.17. The van der Waals surface area contributed by atoms with Crippen LogP contribution in [0.4, 0.5) is 18.0 Å². The first-order valence-electron chi connectivity index (χ1n) is 11.0. The van der Waals surface area contributed by atoms with E-state index in [1.807, 2.05) is 0 Å². The van der Waals surface area contributed by atoms with Crippen molar-refractivity contribution >= 4 is 16.3 Å². The van der Waals surface area contributed by atoms with Gasteiger partial charge in [-0.25, -0.2) is 18.0 Å². The molecule has 1 aliphatic heterocycles. The number of hydrogen-bond acceptors (Lipinski definition) is 4. The predicted molar refractivity (Wildman–Crippen MR) is 125 cm³/mol. The molecule has 0 radical (unpaired) electrons. The van der Waals surface area contributed by atoms with Crippen LogP contribution in [-0.4, -0.2) is 54.0 Å². The number of nitrogens with zero attached hydrogens (tertiary/aromatic N) is 2. The second kappa shape index (κ2) is 10.7. The number of amides is 1. The summed E-state index contributed by atoms with van der Waals surface area (Å²) in [4.78, 5) is 11.9. The Hall–Kier alpha value is -3.41. The van der Waals surface area contributed by atoms with Crippen molar-refractivity contribution in [2.75, 3.05) is 19.7 Å². The Bertz CT molecular complexity index is 1260. The molecule has 3 aromatic rings. The molecule has 0 aromatic heterocycles. The van der Waals surface area contributed by atoms with Gasteiger partial charge in [0.2, 0.25) is 0 Å². The van der Waals surface area contributed by atoms with Crippen molar-refractivity contribution in [2.45, 2.75) is 18.6 Å². The molecule has 0 saturated carbocycles. The minimum atomic E-state index is -4.50. The van der Waals surface area contributed by atoms with Crippen molar-refractivity contribution in [3.8, 4) is 0 Å². The van der Waals surface area contributed by atoms with Gasteiger partial charge in [0.15, 0.2) is 0 Å². The third-order valence-electron chi connectivity index (χ3n) is 5.94. The van der Waals surface area contributed by atoms with Crippen LogP contribution in [0.1, 0.15) is 22.6 Å². The Kier molecular flexibility index (Phi) is 7.62. The second-order valence-corrected chi connectivity index (χ2v) is 10.1. The van der Waals surface area contributed by atoms with Gasteiger partial charge in [-0.1, -0.05) is 36.4 Å². The number of carboxylic acid groups (broad SMARTS) is 1. The van der Waals surface area contributed by atoms with E-state index >= 15 is 0 Å². The number of ether oxygens (including phenoxy) is 1. The lowest BCUT2D eigenvalue weighted by atomic mass is 9.86. The standard InChI is InChI=1S/C25H23F3N2O5S/c26-20-7-1-17(2-8-20)15-30(25(31)32)36(33,34)29-13-14-35-23(16-29)24(18-3-9-21(27)10-4-18)19-5-11-22(28)12-6-19/h1-12,23-24H,13-16H2,(H,31,32). The molecule has 7 nitrogen and oxygen atoms in total. The van der Waals surface area contributed by atoms with Crippen LogP contribution in [0.5, 0.6) is 0 Å². The summed E-state index contributed by atoms with van der Waals surface area (Å²) in [5.41, 5.74) is 1.53. The highest BCUT2D eigenvalue weighted by Gasteiger charge is 2.40. The maximum atomic E-state index is 13.6. The lowest BCUT2D eigenvalue weighted by Gasteiger charge is -2.38. The molecular formula is C25H23F3N2O5S. The fourth-order valence-corrected chi connectivity index (χ4v) is 5.60. The highest BCUT2D eigenvalue weighted by molar-refractivity contribution is 7.87. The minimum Gasteiger partial charge on any atom is -0.464 e. The Balaban J connectivity index is 1.63. The third kappa shape index (κ3) is 5.69. The highest BCUT2D eigenvalue weighted by Crippen LogP contribution is 2.33. The SMILES string of the molecule is O=C(O)N(Cc1ccc(F)cc1)S(=O)(=O)N1CCOC(C(c2ccc(F)cc2)c2ccc(F)cc2)C1. The summed E-state index contributed by atoms with van der Waals surface area (Å²) in [5, 5.41) is 9.68. The van der Waals surface area contributed by atoms with E-state index in [2.05, 4.69) is 0 Å². The van der Waals surface area contributed by atoms with Crippen LogP contribution < -0.4 is 0 Å². The van der Waals surface area contributed by atoms with Crippen molar-refractivity contribution in [3.05, 3.63) is 107 Å². The van der Waals surface area contributed by atoms with Crippen molar-refractivity contribution in [2.24, 2.45) is 0 Å². The van der Waals surface area contributed by atoms with Gasteiger partial charge in [0.1, 0.15) is 17.5 Å². The average Bonchev–Trinajstić information content (AvgIpc) is 2.86. The zero-order chi connectivity index (χ0) is 25.9. The summed E-state index contributed by atoms with van der Waals surface area (Å²) in [6.45, 7) is -0.813. The van der Waals surface area contributed by atoms with Gasteiger partial charge in [0.25, 0.3) is 0 Å². The quantitative estimate of drug-likeness (QED) is 0.500. The highest BCUT2D eigenvalue weighted by atomic mass is 32.2. The van der Waals surface area contributed by atoms with Gasteiger partial charge >= 0.3 is 16.3 Å². The first-order valence-corrected chi connectivity index (χ1v) is 12.4. The van der Waals surface area contributed by atoms with Gasteiger partial charge in [-0.15, -0.1) is 0 Å². The Morgan fingerprint density at radius 3 is 1.86 bits per heavy atom. The van der Waals surface area contributed by atoms with E-state index in [4.69, 9.17) is 4.74 Å². The summed E-state index contributed by atoms with van der Waals surface area (Å²) in [6.07, 6.45) is -2.46. The molecule has 11 heteroatoms. The van der Waals surface area contributed by atoms with E-state index < -0.39 is 52.3 Å². The zero-order valence-electron chi connectivity index (χ0n) is 18.9. The largest absolute Gasteiger partial charge is 0.464 e. The van der Waals surface area contributed by atoms with Gasteiger partial charge in [-0.3, -0.25) is 0 Å². The van der Waals surface area contributed by atoms with Crippen molar-refractivity contribution in [3.63, 3.8) is 0 Å². The molecule has 0 bridgehead atoms. The van der Waals surface area contributed by atoms with E-state index in [1.54, 1.807) is 0 Å². The summed E-state index contributed by atoms with van der Waals surface area (Å²) >= 11 is 0. The number of carbonyl (C=O) groups is 1.